The highest BCUT2D eigenvalue weighted by Crippen LogP contribution is 2.43. The fourth-order valence-corrected chi connectivity index (χ4v) is 9.80. The first-order valence-electron chi connectivity index (χ1n) is 19.8. The summed E-state index contributed by atoms with van der Waals surface area (Å²) in [6.45, 7) is 0. The van der Waals surface area contributed by atoms with Crippen LogP contribution < -0.4 is 4.90 Å². The third-order valence-electron chi connectivity index (χ3n) is 11.5. The molecule has 58 heavy (non-hydrogen) atoms. The van der Waals surface area contributed by atoms with Crippen LogP contribution in [0.1, 0.15) is 0 Å². The van der Waals surface area contributed by atoms with Crippen LogP contribution in [0.3, 0.4) is 0 Å². The van der Waals surface area contributed by atoms with Crippen molar-refractivity contribution < 1.29 is 0 Å². The van der Waals surface area contributed by atoms with Crippen LogP contribution in [0.25, 0.3) is 86.2 Å². The monoisotopic (exact) mass is 755 g/mol. The lowest BCUT2D eigenvalue weighted by Crippen LogP contribution is -2.10. The van der Waals surface area contributed by atoms with Crippen LogP contribution in [0.2, 0.25) is 0 Å². The van der Waals surface area contributed by atoms with Crippen molar-refractivity contribution in [2.75, 3.05) is 4.90 Å². The van der Waals surface area contributed by atoms with Gasteiger partial charge in [-0.1, -0.05) is 176 Å². The van der Waals surface area contributed by atoms with Gasteiger partial charge in [-0.05, 0) is 115 Å². The number of rotatable bonds is 7. The molecule has 1 heterocycles. The van der Waals surface area contributed by atoms with E-state index in [4.69, 9.17) is 0 Å². The summed E-state index contributed by atoms with van der Waals surface area (Å²) in [5.41, 5.74) is 13.1. The van der Waals surface area contributed by atoms with Crippen LogP contribution in [-0.2, 0) is 0 Å². The third kappa shape index (κ3) is 6.03. The van der Waals surface area contributed by atoms with Gasteiger partial charge in [-0.25, -0.2) is 0 Å². The Bertz CT molecular complexity index is 3250. The highest BCUT2D eigenvalue weighted by Gasteiger charge is 2.17. The molecule has 10 aromatic carbocycles. The lowest BCUT2D eigenvalue weighted by atomic mass is 9.96. The highest BCUT2D eigenvalue weighted by molar-refractivity contribution is 7.25. The van der Waals surface area contributed by atoms with E-state index in [1.807, 2.05) is 11.3 Å². The lowest BCUT2D eigenvalue weighted by Gasteiger charge is -2.26. The highest BCUT2D eigenvalue weighted by atomic mass is 32.1. The summed E-state index contributed by atoms with van der Waals surface area (Å²) in [5.74, 6) is 0. The van der Waals surface area contributed by atoms with Gasteiger partial charge < -0.3 is 4.90 Å². The average Bonchev–Trinajstić information content (AvgIpc) is 3.69. The molecule has 272 valence electrons. The molecule has 0 saturated carbocycles. The van der Waals surface area contributed by atoms with Gasteiger partial charge in [0.2, 0.25) is 0 Å². The number of nitrogens with zero attached hydrogens (tertiary/aromatic N) is 1. The van der Waals surface area contributed by atoms with E-state index < -0.39 is 0 Å². The zero-order chi connectivity index (χ0) is 38.4. The van der Waals surface area contributed by atoms with Crippen LogP contribution in [0.5, 0.6) is 0 Å². The minimum absolute atomic E-state index is 1.10. The van der Waals surface area contributed by atoms with Crippen molar-refractivity contribution in [3.63, 3.8) is 0 Å². The van der Waals surface area contributed by atoms with Crippen molar-refractivity contribution in [3.8, 4) is 44.5 Å². The Kier molecular flexibility index (Phi) is 8.42. The molecule has 0 aliphatic heterocycles. The molecule has 0 bridgehead atoms. The maximum atomic E-state index is 2.38. The minimum Gasteiger partial charge on any atom is -0.310 e. The van der Waals surface area contributed by atoms with E-state index >= 15 is 0 Å². The molecule has 0 N–H and O–H groups in total. The zero-order valence-corrected chi connectivity index (χ0v) is 32.5. The molecule has 0 unspecified atom stereocenters. The van der Waals surface area contributed by atoms with Gasteiger partial charge >= 0.3 is 0 Å². The van der Waals surface area contributed by atoms with Crippen molar-refractivity contribution in [2.24, 2.45) is 0 Å². The van der Waals surface area contributed by atoms with Crippen LogP contribution >= 0.6 is 11.3 Å². The Morgan fingerprint density at radius 2 is 0.724 bits per heavy atom. The summed E-state index contributed by atoms with van der Waals surface area (Å²) in [4.78, 5) is 2.38. The summed E-state index contributed by atoms with van der Waals surface area (Å²) < 4.78 is 2.64. The van der Waals surface area contributed by atoms with Gasteiger partial charge in [0.15, 0.2) is 0 Å². The Labute approximate surface area is 342 Å². The van der Waals surface area contributed by atoms with Gasteiger partial charge in [0.05, 0.1) is 0 Å². The molecule has 0 saturated heterocycles. The summed E-state index contributed by atoms with van der Waals surface area (Å²) in [7, 11) is 0. The van der Waals surface area contributed by atoms with Crippen molar-refractivity contribution in [1.82, 2.24) is 0 Å². The molecule has 1 aromatic heterocycles. The standard InChI is InChI=1S/C56H37NS/c1-3-17-48-40(11-1)13-8-20-50(48)42-27-25-38(26-28-42)39-29-33-45(34-30-39)57(47-16-7-15-44(37-47)51-21-9-14-41-12-2-4-18-49(41)51)46-35-31-43(32-36-46)52-22-10-24-55-56(52)53-19-5-6-23-54(53)58-55/h1-37H. The number of thiophene rings is 1. The molecule has 2 heteroatoms. The fraction of sp³-hybridized carbons (Fsp3) is 0. The molecule has 11 aromatic rings. The smallest absolute Gasteiger partial charge is 0.0467 e. The maximum Gasteiger partial charge on any atom is 0.0467 e. The predicted octanol–water partition coefficient (Wildman–Crippen LogP) is 16.5. The van der Waals surface area contributed by atoms with E-state index in [1.54, 1.807) is 0 Å². The first-order chi connectivity index (χ1) is 28.7. The van der Waals surface area contributed by atoms with Gasteiger partial charge in [-0.2, -0.15) is 0 Å². The number of hydrogen-bond donors (Lipinski definition) is 0. The summed E-state index contributed by atoms with van der Waals surface area (Å²) >= 11 is 1.86. The lowest BCUT2D eigenvalue weighted by molar-refractivity contribution is 1.28. The minimum atomic E-state index is 1.10. The normalized spacial score (nSPS) is 11.4. The molecule has 1 nitrogen and oxygen atoms in total. The average molecular weight is 756 g/mol. The molecular formula is C56H37NS. The number of fused-ring (bicyclic) bond motifs is 5. The Balaban J connectivity index is 0.984. The van der Waals surface area contributed by atoms with Crippen LogP contribution in [0.4, 0.5) is 17.1 Å². The SMILES string of the molecule is c1cc(-c2cccc3ccccc23)cc(N(c2ccc(-c3ccc(-c4cccc5ccccc45)cc3)cc2)c2ccc(-c3cccc4sc5ccccc5c34)cc2)c1. The fourth-order valence-electron chi connectivity index (χ4n) is 8.66. The van der Waals surface area contributed by atoms with E-state index in [0.29, 0.717) is 0 Å². The number of hydrogen-bond acceptors (Lipinski definition) is 2. The van der Waals surface area contributed by atoms with Crippen molar-refractivity contribution >= 4 is 70.1 Å². The molecule has 0 spiro atoms. The second-order valence-corrected chi connectivity index (χ2v) is 16.0. The zero-order valence-electron chi connectivity index (χ0n) is 31.7. The van der Waals surface area contributed by atoms with Gasteiger partial charge in [-0.3, -0.25) is 0 Å². The first-order valence-corrected chi connectivity index (χ1v) is 20.6. The van der Waals surface area contributed by atoms with E-state index in [0.717, 1.165) is 17.1 Å². The topological polar surface area (TPSA) is 3.24 Å². The van der Waals surface area contributed by atoms with Crippen LogP contribution in [0.15, 0.2) is 224 Å². The summed E-state index contributed by atoms with van der Waals surface area (Å²) in [6, 6.07) is 81.9. The van der Waals surface area contributed by atoms with Crippen molar-refractivity contribution in [2.45, 2.75) is 0 Å². The molecule has 0 atom stereocenters. The van der Waals surface area contributed by atoms with Gasteiger partial charge in [-0.15, -0.1) is 11.3 Å². The molecule has 0 aliphatic rings. The Morgan fingerprint density at radius 3 is 1.40 bits per heavy atom. The molecule has 0 aliphatic carbocycles. The molecule has 0 radical (unpaired) electrons. The largest absolute Gasteiger partial charge is 0.310 e. The van der Waals surface area contributed by atoms with Crippen LogP contribution in [0, 0.1) is 0 Å². The Morgan fingerprint density at radius 1 is 0.276 bits per heavy atom. The first kappa shape index (κ1) is 34.0. The van der Waals surface area contributed by atoms with Gasteiger partial charge in [0, 0.05) is 37.2 Å². The van der Waals surface area contributed by atoms with E-state index in [1.165, 1.54) is 86.2 Å². The van der Waals surface area contributed by atoms with Gasteiger partial charge in [0.25, 0.3) is 0 Å². The molecule has 11 rings (SSSR count). The molecule has 0 fully saturated rings. The van der Waals surface area contributed by atoms with Crippen LogP contribution in [-0.4, -0.2) is 0 Å². The second-order valence-electron chi connectivity index (χ2n) is 14.9. The quantitative estimate of drug-likeness (QED) is 0.157. The van der Waals surface area contributed by atoms with Gasteiger partial charge in [0.1, 0.15) is 0 Å². The second kappa shape index (κ2) is 14.4. The summed E-state index contributed by atoms with van der Waals surface area (Å²) in [5, 5.41) is 7.68. The van der Waals surface area contributed by atoms with Crippen molar-refractivity contribution in [3.05, 3.63) is 224 Å². The summed E-state index contributed by atoms with van der Waals surface area (Å²) in [6.07, 6.45) is 0. The predicted molar refractivity (Wildman–Crippen MR) is 251 cm³/mol. The molecular weight excluding hydrogens is 719 g/mol. The number of benzene rings is 10. The number of anilines is 3. The Hall–Kier alpha value is -7.26. The third-order valence-corrected chi connectivity index (χ3v) is 12.6. The van der Waals surface area contributed by atoms with Crippen molar-refractivity contribution in [1.29, 1.82) is 0 Å². The van der Waals surface area contributed by atoms with E-state index in [-0.39, 0.29) is 0 Å². The van der Waals surface area contributed by atoms with E-state index in [9.17, 15) is 0 Å². The van der Waals surface area contributed by atoms with E-state index in [2.05, 4.69) is 229 Å². The molecule has 0 amide bonds. The maximum absolute atomic E-state index is 2.38.